The molecule has 9 heteroatoms. The molecule has 2 amide bonds. The number of rotatable bonds is 5. The average Bonchev–Trinajstić information content (AvgIpc) is 2.97. The number of pyridine rings is 1. The summed E-state index contributed by atoms with van der Waals surface area (Å²) >= 11 is 0. The van der Waals surface area contributed by atoms with E-state index in [1.54, 1.807) is 11.0 Å². The van der Waals surface area contributed by atoms with Gasteiger partial charge in [-0.05, 0) is 31.7 Å². The highest BCUT2D eigenvalue weighted by atomic mass is 19.1. The van der Waals surface area contributed by atoms with Gasteiger partial charge in [0, 0.05) is 31.9 Å². The van der Waals surface area contributed by atoms with E-state index in [4.69, 9.17) is 5.73 Å². The topological polar surface area (TPSA) is 106 Å². The Morgan fingerprint density at radius 2 is 2.19 bits per heavy atom. The molecule has 1 unspecified atom stereocenters. The van der Waals surface area contributed by atoms with Crippen molar-refractivity contribution in [1.29, 1.82) is 0 Å². The monoisotopic (exact) mass is 374 g/mol. The maximum atomic E-state index is 13.2. The van der Waals surface area contributed by atoms with Crippen LogP contribution in [0.5, 0.6) is 0 Å². The molecular formula is C18H23FN6O2. The van der Waals surface area contributed by atoms with Crippen LogP contribution < -0.4 is 11.1 Å². The molecule has 0 saturated carbocycles. The third-order valence-corrected chi connectivity index (χ3v) is 4.61. The number of likely N-dealkylation sites (tertiary alicyclic amines) is 1. The second kappa shape index (κ2) is 8.15. The van der Waals surface area contributed by atoms with Crippen LogP contribution in [0.2, 0.25) is 0 Å². The van der Waals surface area contributed by atoms with E-state index in [0.29, 0.717) is 25.5 Å². The van der Waals surface area contributed by atoms with E-state index in [1.807, 2.05) is 6.92 Å². The number of carbonyl (C=O) groups excluding carboxylic acids is 2. The first-order valence-corrected chi connectivity index (χ1v) is 8.89. The Morgan fingerprint density at radius 3 is 2.89 bits per heavy atom. The molecule has 0 radical (unpaired) electrons. The van der Waals surface area contributed by atoms with Crippen LogP contribution in [0.4, 0.5) is 10.2 Å². The zero-order valence-corrected chi connectivity index (χ0v) is 15.2. The maximum Gasteiger partial charge on any atom is 0.252 e. The Balaban J connectivity index is 1.52. The van der Waals surface area contributed by atoms with Crippen molar-refractivity contribution in [1.82, 2.24) is 25.0 Å². The van der Waals surface area contributed by atoms with Crippen molar-refractivity contribution in [2.75, 3.05) is 25.4 Å². The number of aryl methyl sites for hydroxylation is 1. The number of amides is 2. The average molecular weight is 374 g/mol. The molecule has 3 N–H and O–H groups in total. The molecule has 1 aliphatic rings. The van der Waals surface area contributed by atoms with E-state index in [1.165, 1.54) is 10.9 Å². The number of nitrogens with zero attached hydrogens (tertiary/aromatic N) is 4. The number of hydrogen-bond donors (Lipinski definition) is 2. The van der Waals surface area contributed by atoms with Gasteiger partial charge >= 0.3 is 0 Å². The van der Waals surface area contributed by atoms with Crippen LogP contribution in [0.25, 0.3) is 0 Å². The number of halogens is 1. The fourth-order valence-electron chi connectivity index (χ4n) is 3.25. The molecule has 1 fully saturated rings. The predicted molar refractivity (Wildman–Crippen MR) is 97.2 cm³/mol. The molecule has 1 aliphatic heterocycles. The van der Waals surface area contributed by atoms with Gasteiger partial charge in [0.15, 0.2) is 0 Å². The fraction of sp³-hybridized carbons (Fsp3) is 0.444. The summed E-state index contributed by atoms with van der Waals surface area (Å²) in [5.74, 6) is -0.360. The molecule has 2 aromatic heterocycles. The van der Waals surface area contributed by atoms with E-state index >= 15 is 0 Å². The first-order valence-electron chi connectivity index (χ1n) is 8.89. The maximum absolute atomic E-state index is 13.2. The summed E-state index contributed by atoms with van der Waals surface area (Å²) in [5, 5.41) is 7.01. The van der Waals surface area contributed by atoms with Gasteiger partial charge in [0.25, 0.3) is 5.91 Å². The van der Waals surface area contributed by atoms with Crippen LogP contribution in [0.3, 0.4) is 0 Å². The van der Waals surface area contributed by atoms with Gasteiger partial charge in [-0.2, -0.15) is 5.10 Å². The van der Waals surface area contributed by atoms with Crippen molar-refractivity contribution in [3.8, 4) is 0 Å². The summed E-state index contributed by atoms with van der Waals surface area (Å²) in [5.41, 5.74) is 6.80. The molecular weight excluding hydrogens is 351 g/mol. The minimum absolute atomic E-state index is 0.0462. The lowest BCUT2D eigenvalue weighted by molar-refractivity contribution is -0.133. The first kappa shape index (κ1) is 18.8. The number of carbonyl (C=O) groups is 2. The highest BCUT2D eigenvalue weighted by molar-refractivity contribution is 5.93. The molecule has 0 aromatic carbocycles. The molecule has 27 heavy (non-hydrogen) atoms. The van der Waals surface area contributed by atoms with Gasteiger partial charge in [0.2, 0.25) is 5.91 Å². The molecule has 3 rings (SSSR count). The van der Waals surface area contributed by atoms with Crippen molar-refractivity contribution >= 4 is 17.6 Å². The highest BCUT2D eigenvalue weighted by Crippen LogP contribution is 2.17. The number of nitrogen functional groups attached to an aromatic ring is 1. The quantitative estimate of drug-likeness (QED) is 0.811. The van der Waals surface area contributed by atoms with Crippen molar-refractivity contribution in [2.24, 2.45) is 5.92 Å². The molecule has 3 heterocycles. The summed E-state index contributed by atoms with van der Waals surface area (Å²) in [7, 11) is 0. The minimum atomic E-state index is -0.551. The normalized spacial score (nSPS) is 17.0. The van der Waals surface area contributed by atoms with Crippen LogP contribution in [-0.4, -0.2) is 51.1 Å². The standard InChI is InChI=1S/C18H23FN6O2/c1-12-5-16(20)25(23-12)11-17(26)24-4-2-3-13(10-24)7-22-18(27)14-6-15(19)9-21-8-14/h5-6,8-9,13H,2-4,7,10-11,20H2,1H3,(H,22,27). The third-order valence-electron chi connectivity index (χ3n) is 4.61. The second-order valence-electron chi connectivity index (χ2n) is 6.82. The predicted octanol–water partition coefficient (Wildman–Crippen LogP) is 0.976. The number of piperidine rings is 1. The van der Waals surface area contributed by atoms with E-state index in [0.717, 1.165) is 30.8 Å². The first-order chi connectivity index (χ1) is 12.9. The van der Waals surface area contributed by atoms with Gasteiger partial charge in [0.1, 0.15) is 18.2 Å². The largest absolute Gasteiger partial charge is 0.384 e. The van der Waals surface area contributed by atoms with Gasteiger partial charge in [-0.15, -0.1) is 0 Å². The summed E-state index contributed by atoms with van der Waals surface area (Å²) in [6.07, 6.45) is 4.15. The molecule has 8 nitrogen and oxygen atoms in total. The van der Waals surface area contributed by atoms with Crippen LogP contribution in [0.1, 0.15) is 28.9 Å². The smallest absolute Gasteiger partial charge is 0.252 e. The molecule has 0 bridgehead atoms. The molecule has 0 aliphatic carbocycles. The van der Waals surface area contributed by atoms with Gasteiger partial charge in [-0.25, -0.2) is 9.07 Å². The van der Waals surface area contributed by atoms with E-state index in [2.05, 4.69) is 15.4 Å². The van der Waals surface area contributed by atoms with Crippen molar-refractivity contribution < 1.29 is 14.0 Å². The number of anilines is 1. The number of aromatic nitrogens is 3. The third kappa shape index (κ3) is 4.81. The molecule has 2 aromatic rings. The summed E-state index contributed by atoms with van der Waals surface area (Å²) in [4.78, 5) is 30.1. The molecule has 1 atom stereocenters. The Bertz CT molecular complexity index is 837. The van der Waals surface area contributed by atoms with Crippen LogP contribution in [0.15, 0.2) is 24.5 Å². The van der Waals surface area contributed by atoms with Crippen molar-refractivity contribution in [3.05, 3.63) is 41.6 Å². The van der Waals surface area contributed by atoms with E-state index in [9.17, 15) is 14.0 Å². The SMILES string of the molecule is Cc1cc(N)n(CC(=O)N2CCCC(CNC(=O)c3cncc(F)c3)C2)n1. The van der Waals surface area contributed by atoms with Crippen LogP contribution in [-0.2, 0) is 11.3 Å². The zero-order valence-electron chi connectivity index (χ0n) is 15.2. The Hall–Kier alpha value is -2.97. The Kier molecular flexibility index (Phi) is 5.68. The summed E-state index contributed by atoms with van der Waals surface area (Å²) < 4.78 is 14.7. The van der Waals surface area contributed by atoms with Crippen LogP contribution >= 0.6 is 0 Å². The second-order valence-corrected chi connectivity index (χ2v) is 6.82. The zero-order chi connectivity index (χ0) is 19.4. The Labute approximate surface area is 156 Å². The lowest BCUT2D eigenvalue weighted by Crippen LogP contribution is -2.45. The lowest BCUT2D eigenvalue weighted by atomic mass is 9.97. The molecule has 144 valence electrons. The lowest BCUT2D eigenvalue weighted by Gasteiger charge is -2.33. The van der Waals surface area contributed by atoms with Gasteiger partial charge in [-0.3, -0.25) is 14.6 Å². The van der Waals surface area contributed by atoms with Crippen molar-refractivity contribution in [3.63, 3.8) is 0 Å². The van der Waals surface area contributed by atoms with Gasteiger partial charge in [-0.1, -0.05) is 0 Å². The van der Waals surface area contributed by atoms with E-state index < -0.39 is 5.82 Å². The molecule has 1 saturated heterocycles. The summed E-state index contributed by atoms with van der Waals surface area (Å²) in [6.45, 7) is 3.58. The van der Waals surface area contributed by atoms with Crippen LogP contribution in [0, 0.1) is 18.7 Å². The van der Waals surface area contributed by atoms with E-state index in [-0.39, 0.29) is 29.8 Å². The van der Waals surface area contributed by atoms with Gasteiger partial charge < -0.3 is 16.0 Å². The molecule has 0 spiro atoms. The fourth-order valence-corrected chi connectivity index (χ4v) is 3.25. The van der Waals surface area contributed by atoms with Gasteiger partial charge in [0.05, 0.1) is 17.5 Å². The number of nitrogens with one attached hydrogen (secondary N) is 1. The van der Waals surface area contributed by atoms with Crippen molar-refractivity contribution in [2.45, 2.75) is 26.3 Å². The number of nitrogens with two attached hydrogens (primary N) is 1. The summed E-state index contributed by atoms with van der Waals surface area (Å²) in [6, 6.07) is 2.87. The minimum Gasteiger partial charge on any atom is -0.384 e. The Morgan fingerprint density at radius 1 is 1.37 bits per heavy atom. The number of hydrogen-bond acceptors (Lipinski definition) is 5. The highest BCUT2D eigenvalue weighted by Gasteiger charge is 2.25.